The molecule has 21 heavy (non-hydrogen) atoms. The van der Waals surface area contributed by atoms with Crippen LogP contribution < -0.4 is 4.72 Å². The second-order valence-corrected chi connectivity index (χ2v) is 6.93. The van der Waals surface area contributed by atoms with Gasteiger partial charge in [-0.1, -0.05) is 0 Å². The summed E-state index contributed by atoms with van der Waals surface area (Å²) in [5.74, 6) is 0. The zero-order chi connectivity index (χ0) is 14.9. The Hall–Kier alpha value is -1.64. The maximum Gasteiger partial charge on any atom is 0.242 e. The van der Waals surface area contributed by atoms with Crippen LogP contribution in [0.4, 0.5) is 0 Å². The van der Waals surface area contributed by atoms with Crippen LogP contribution in [0.1, 0.15) is 24.6 Å². The number of sulfonamides is 1. The summed E-state index contributed by atoms with van der Waals surface area (Å²) >= 11 is 0. The van der Waals surface area contributed by atoms with Gasteiger partial charge in [-0.2, -0.15) is 0 Å². The van der Waals surface area contributed by atoms with E-state index in [4.69, 9.17) is 0 Å². The standard InChI is InChI=1S/C13H18N4O3S/c18-9-12-7-13(8-17(12)11-1-2-11)21(19,20)15-4-6-16-5-3-14-10-16/h3,5,7-8,10-11,15,18H,1-2,4,6,9H2. The molecule has 2 heterocycles. The Morgan fingerprint density at radius 3 is 2.86 bits per heavy atom. The summed E-state index contributed by atoms with van der Waals surface area (Å²) in [6, 6.07) is 1.87. The van der Waals surface area contributed by atoms with Crippen molar-refractivity contribution in [3.63, 3.8) is 0 Å². The van der Waals surface area contributed by atoms with Crippen LogP contribution >= 0.6 is 0 Å². The third-order valence-electron chi connectivity index (χ3n) is 3.54. The maximum atomic E-state index is 12.3. The number of aliphatic hydroxyl groups is 1. The Labute approximate surface area is 123 Å². The second kappa shape index (κ2) is 5.63. The van der Waals surface area contributed by atoms with Crippen LogP contribution in [-0.2, 0) is 23.2 Å². The van der Waals surface area contributed by atoms with Crippen molar-refractivity contribution in [1.82, 2.24) is 18.8 Å². The van der Waals surface area contributed by atoms with Gasteiger partial charge in [0.15, 0.2) is 0 Å². The minimum atomic E-state index is -3.55. The van der Waals surface area contributed by atoms with Gasteiger partial charge >= 0.3 is 0 Å². The first kappa shape index (κ1) is 14.3. The van der Waals surface area contributed by atoms with Gasteiger partial charge in [0.05, 0.1) is 17.8 Å². The Morgan fingerprint density at radius 1 is 1.43 bits per heavy atom. The number of nitrogens with zero attached hydrogens (tertiary/aromatic N) is 3. The maximum absolute atomic E-state index is 12.3. The van der Waals surface area contributed by atoms with Crippen molar-refractivity contribution >= 4 is 10.0 Å². The molecule has 2 aromatic heterocycles. The molecule has 8 heteroatoms. The molecule has 0 atom stereocenters. The summed E-state index contributed by atoms with van der Waals surface area (Å²) in [4.78, 5) is 4.11. The zero-order valence-corrected chi connectivity index (χ0v) is 12.3. The van der Waals surface area contributed by atoms with Crippen molar-refractivity contribution in [3.05, 3.63) is 36.7 Å². The molecule has 0 aliphatic heterocycles. The molecule has 2 N–H and O–H groups in total. The van der Waals surface area contributed by atoms with Crippen LogP contribution in [-0.4, -0.2) is 34.2 Å². The Kier molecular flexibility index (Phi) is 3.83. The largest absolute Gasteiger partial charge is 0.390 e. The molecule has 114 valence electrons. The predicted molar refractivity (Wildman–Crippen MR) is 76.0 cm³/mol. The summed E-state index contributed by atoms with van der Waals surface area (Å²) < 4.78 is 30.7. The van der Waals surface area contributed by atoms with Gasteiger partial charge < -0.3 is 14.2 Å². The summed E-state index contributed by atoms with van der Waals surface area (Å²) in [5, 5.41) is 9.33. The molecule has 0 amide bonds. The minimum Gasteiger partial charge on any atom is -0.390 e. The Morgan fingerprint density at radius 2 is 2.24 bits per heavy atom. The molecule has 0 unspecified atom stereocenters. The minimum absolute atomic E-state index is 0.152. The number of rotatable bonds is 7. The van der Waals surface area contributed by atoms with E-state index < -0.39 is 10.0 Å². The lowest BCUT2D eigenvalue weighted by Gasteiger charge is -2.05. The normalized spacial score (nSPS) is 15.5. The Balaban J connectivity index is 1.69. The number of hydrogen-bond donors (Lipinski definition) is 2. The second-order valence-electron chi connectivity index (χ2n) is 5.16. The van der Waals surface area contributed by atoms with Crippen molar-refractivity contribution < 1.29 is 13.5 Å². The topological polar surface area (TPSA) is 89.2 Å². The van der Waals surface area contributed by atoms with Gasteiger partial charge in [-0.05, 0) is 18.9 Å². The highest BCUT2D eigenvalue weighted by molar-refractivity contribution is 7.89. The van der Waals surface area contributed by atoms with E-state index in [1.54, 1.807) is 29.5 Å². The van der Waals surface area contributed by atoms with Gasteiger partial charge in [0, 0.05) is 43.4 Å². The molecule has 0 radical (unpaired) electrons. The molecule has 1 aliphatic rings. The van der Waals surface area contributed by atoms with E-state index in [-0.39, 0.29) is 11.5 Å². The molecular weight excluding hydrogens is 292 g/mol. The van der Waals surface area contributed by atoms with Gasteiger partial charge in [-0.15, -0.1) is 0 Å². The molecular formula is C13H18N4O3S. The highest BCUT2D eigenvalue weighted by Gasteiger charge is 2.27. The number of hydrogen-bond acceptors (Lipinski definition) is 4. The summed E-state index contributed by atoms with van der Waals surface area (Å²) in [6.45, 7) is 0.665. The first-order valence-electron chi connectivity index (χ1n) is 6.87. The van der Waals surface area contributed by atoms with Crippen molar-refractivity contribution in [2.24, 2.45) is 0 Å². The highest BCUT2D eigenvalue weighted by atomic mass is 32.2. The van der Waals surface area contributed by atoms with Gasteiger partial charge in [-0.3, -0.25) is 0 Å². The van der Waals surface area contributed by atoms with Crippen molar-refractivity contribution in [2.45, 2.75) is 36.9 Å². The van der Waals surface area contributed by atoms with E-state index in [1.165, 1.54) is 6.07 Å². The van der Waals surface area contributed by atoms with Gasteiger partial charge in [0.1, 0.15) is 0 Å². The zero-order valence-electron chi connectivity index (χ0n) is 11.5. The van der Waals surface area contributed by atoms with Crippen molar-refractivity contribution in [2.75, 3.05) is 6.54 Å². The fourth-order valence-corrected chi connectivity index (χ4v) is 3.34. The van der Waals surface area contributed by atoms with Gasteiger partial charge in [-0.25, -0.2) is 18.1 Å². The van der Waals surface area contributed by atoms with E-state index in [9.17, 15) is 13.5 Å². The first-order chi connectivity index (χ1) is 10.1. The smallest absolute Gasteiger partial charge is 0.242 e. The van der Waals surface area contributed by atoms with E-state index in [0.29, 0.717) is 24.8 Å². The number of aliphatic hydroxyl groups excluding tert-OH is 1. The van der Waals surface area contributed by atoms with Crippen LogP contribution in [0.3, 0.4) is 0 Å². The molecule has 1 saturated carbocycles. The molecule has 2 aromatic rings. The fourth-order valence-electron chi connectivity index (χ4n) is 2.27. The molecule has 0 bridgehead atoms. The molecule has 7 nitrogen and oxygen atoms in total. The highest BCUT2D eigenvalue weighted by Crippen LogP contribution is 2.37. The van der Waals surface area contributed by atoms with Crippen molar-refractivity contribution in [3.8, 4) is 0 Å². The summed E-state index contributed by atoms with van der Waals surface area (Å²) in [6.07, 6.45) is 8.76. The molecule has 0 spiro atoms. The average molecular weight is 310 g/mol. The van der Waals surface area contributed by atoms with Crippen LogP contribution in [0.25, 0.3) is 0 Å². The lowest BCUT2D eigenvalue weighted by Crippen LogP contribution is -2.27. The molecule has 1 aliphatic carbocycles. The Bertz CT molecular complexity index is 702. The van der Waals surface area contributed by atoms with E-state index >= 15 is 0 Å². The molecule has 0 saturated heterocycles. The first-order valence-corrected chi connectivity index (χ1v) is 8.35. The van der Waals surface area contributed by atoms with Gasteiger partial charge in [0.2, 0.25) is 10.0 Å². The fraction of sp³-hybridized carbons (Fsp3) is 0.462. The SMILES string of the molecule is O=S(=O)(NCCn1ccnc1)c1cc(CO)n(C2CC2)c1. The summed E-state index contributed by atoms with van der Waals surface area (Å²) in [5.41, 5.74) is 0.646. The number of aromatic nitrogens is 3. The average Bonchev–Trinajstić information content (AvgIpc) is 3.00. The van der Waals surface area contributed by atoms with Crippen molar-refractivity contribution in [1.29, 1.82) is 0 Å². The third-order valence-corrected chi connectivity index (χ3v) is 4.97. The third kappa shape index (κ3) is 3.17. The summed E-state index contributed by atoms with van der Waals surface area (Å²) in [7, 11) is -3.55. The quantitative estimate of drug-likeness (QED) is 0.779. The van der Waals surface area contributed by atoms with Crippen LogP contribution in [0.15, 0.2) is 35.9 Å². The van der Waals surface area contributed by atoms with Crippen LogP contribution in [0, 0.1) is 0 Å². The van der Waals surface area contributed by atoms with E-state index in [0.717, 1.165) is 12.8 Å². The molecule has 3 rings (SSSR count). The lowest BCUT2D eigenvalue weighted by molar-refractivity contribution is 0.270. The van der Waals surface area contributed by atoms with E-state index in [1.807, 2.05) is 4.57 Å². The monoisotopic (exact) mass is 310 g/mol. The van der Waals surface area contributed by atoms with Crippen LogP contribution in [0.5, 0.6) is 0 Å². The molecule has 1 fully saturated rings. The van der Waals surface area contributed by atoms with Crippen LogP contribution in [0.2, 0.25) is 0 Å². The lowest BCUT2D eigenvalue weighted by atomic mass is 10.4. The van der Waals surface area contributed by atoms with Gasteiger partial charge in [0.25, 0.3) is 0 Å². The number of imidazole rings is 1. The van der Waals surface area contributed by atoms with E-state index in [2.05, 4.69) is 9.71 Å². The molecule has 0 aromatic carbocycles. The number of nitrogens with one attached hydrogen (secondary N) is 1. The predicted octanol–water partition coefficient (Wildman–Crippen LogP) is 0.490.